The quantitative estimate of drug-likeness (QED) is 0.844. The highest BCUT2D eigenvalue weighted by Crippen LogP contribution is 2.41. The first kappa shape index (κ1) is 13.7. The van der Waals surface area contributed by atoms with Crippen LogP contribution in [-0.4, -0.2) is 13.4 Å². The Hall–Kier alpha value is -1.31. The van der Waals surface area contributed by atoms with Gasteiger partial charge in [0, 0.05) is 11.3 Å². The van der Waals surface area contributed by atoms with Gasteiger partial charge in [-0.1, -0.05) is 11.6 Å². The van der Waals surface area contributed by atoms with Gasteiger partial charge in [0.2, 0.25) is 0 Å². The molecule has 1 aliphatic rings. The number of halogens is 1. The van der Waals surface area contributed by atoms with Gasteiger partial charge in [-0.05, 0) is 31.0 Å². The lowest BCUT2D eigenvalue weighted by Crippen LogP contribution is -2.13. The van der Waals surface area contributed by atoms with Crippen molar-refractivity contribution in [2.75, 3.05) is 10.5 Å². The molecule has 1 saturated carbocycles. The van der Waals surface area contributed by atoms with Crippen LogP contribution in [0, 0.1) is 0 Å². The first-order chi connectivity index (χ1) is 9.45. The number of sulfonamides is 1. The molecule has 0 atom stereocenters. The lowest BCUT2D eigenvalue weighted by atomic mass is 10.3. The van der Waals surface area contributed by atoms with E-state index in [1.54, 1.807) is 0 Å². The van der Waals surface area contributed by atoms with E-state index in [1.165, 1.54) is 29.5 Å². The van der Waals surface area contributed by atoms with E-state index in [1.807, 2.05) is 5.38 Å². The van der Waals surface area contributed by atoms with Crippen molar-refractivity contribution in [1.82, 2.24) is 4.98 Å². The standard InChI is InChI=1S/C12H12ClN3O2S2/c13-9-4-3-8(5-10(9)14)20(17,18)16-12-15-11(6-19-12)7-1-2-7/h3-7H,1-2,14H2,(H,15,16). The van der Waals surface area contributed by atoms with Crippen LogP contribution >= 0.6 is 22.9 Å². The first-order valence-electron chi connectivity index (χ1n) is 5.99. The number of aromatic nitrogens is 1. The zero-order chi connectivity index (χ0) is 14.3. The van der Waals surface area contributed by atoms with Gasteiger partial charge in [0.1, 0.15) is 0 Å². The van der Waals surface area contributed by atoms with E-state index in [-0.39, 0.29) is 10.6 Å². The molecule has 0 spiro atoms. The third kappa shape index (κ3) is 2.74. The van der Waals surface area contributed by atoms with Crippen LogP contribution in [0.4, 0.5) is 10.8 Å². The number of hydrogen-bond donors (Lipinski definition) is 2. The molecule has 3 rings (SSSR count). The van der Waals surface area contributed by atoms with E-state index in [4.69, 9.17) is 17.3 Å². The average Bonchev–Trinajstić information content (AvgIpc) is 3.14. The Morgan fingerprint density at radius 1 is 1.40 bits per heavy atom. The Balaban J connectivity index is 1.84. The minimum atomic E-state index is -3.69. The Labute approximate surface area is 125 Å². The first-order valence-corrected chi connectivity index (χ1v) is 8.73. The van der Waals surface area contributed by atoms with Gasteiger partial charge in [-0.3, -0.25) is 4.72 Å². The highest BCUT2D eigenvalue weighted by molar-refractivity contribution is 7.93. The molecule has 1 fully saturated rings. The van der Waals surface area contributed by atoms with Crippen molar-refractivity contribution in [1.29, 1.82) is 0 Å². The molecule has 2 aromatic rings. The van der Waals surface area contributed by atoms with Crippen LogP contribution in [0.5, 0.6) is 0 Å². The van der Waals surface area contributed by atoms with Gasteiger partial charge in [-0.25, -0.2) is 13.4 Å². The summed E-state index contributed by atoms with van der Waals surface area (Å²) < 4.78 is 26.9. The minimum absolute atomic E-state index is 0.0718. The highest BCUT2D eigenvalue weighted by atomic mass is 35.5. The molecular formula is C12H12ClN3O2S2. The smallest absolute Gasteiger partial charge is 0.263 e. The molecule has 0 aliphatic heterocycles. The number of nitrogens with zero attached hydrogens (tertiary/aromatic N) is 1. The van der Waals surface area contributed by atoms with Crippen LogP contribution in [-0.2, 0) is 10.0 Å². The van der Waals surface area contributed by atoms with Crippen LogP contribution in [0.15, 0.2) is 28.5 Å². The Morgan fingerprint density at radius 3 is 2.80 bits per heavy atom. The molecule has 1 aromatic carbocycles. The molecule has 1 aliphatic carbocycles. The van der Waals surface area contributed by atoms with Crippen molar-refractivity contribution < 1.29 is 8.42 Å². The number of thiazole rings is 1. The second-order valence-electron chi connectivity index (χ2n) is 4.64. The minimum Gasteiger partial charge on any atom is -0.397 e. The van der Waals surface area contributed by atoms with E-state index in [0.717, 1.165) is 18.5 Å². The third-order valence-electron chi connectivity index (χ3n) is 3.02. The highest BCUT2D eigenvalue weighted by Gasteiger charge is 2.27. The molecule has 3 N–H and O–H groups in total. The zero-order valence-electron chi connectivity index (χ0n) is 10.3. The maximum absolute atomic E-state index is 12.2. The third-order valence-corrected chi connectivity index (χ3v) is 5.60. The summed E-state index contributed by atoms with van der Waals surface area (Å²) in [4.78, 5) is 4.37. The fraction of sp³-hybridized carbons (Fsp3) is 0.250. The van der Waals surface area contributed by atoms with Crippen LogP contribution in [0.1, 0.15) is 24.5 Å². The number of nitrogen functional groups attached to an aromatic ring is 1. The SMILES string of the molecule is Nc1cc(S(=O)(=O)Nc2nc(C3CC3)cs2)ccc1Cl. The summed E-state index contributed by atoms with van der Waals surface area (Å²) in [7, 11) is -3.69. The monoisotopic (exact) mass is 329 g/mol. The molecule has 0 unspecified atom stereocenters. The van der Waals surface area contributed by atoms with Crippen molar-refractivity contribution in [3.05, 3.63) is 34.3 Å². The molecule has 8 heteroatoms. The number of anilines is 2. The second-order valence-corrected chi connectivity index (χ2v) is 7.59. The Morgan fingerprint density at radius 2 is 2.15 bits per heavy atom. The maximum Gasteiger partial charge on any atom is 0.263 e. The summed E-state index contributed by atoms with van der Waals surface area (Å²) in [5.74, 6) is 0.496. The molecule has 0 saturated heterocycles. The van der Waals surface area contributed by atoms with Crippen molar-refractivity contribution in [2.24, 2.45) is 0 Å². The number of hydrogen-bond acceptors (Lipinski definition) is 5. The summed E-state index contributed by atoms with van der Waals surface area (Å²) >= 11 is 7.07. The van der Waals surface area contributed by atoms with Crippen LogP contribution in [0.2, 0.25) is 5.02 Å². The van der Waals surface area contributed by atoms with Gasteiger partial charge in [0.05, 0.1) is 21.3 Å². The number of nitrogens with two attached hydrogens (primary N) is 1. The molecule has 1 heterocycles. The lowest BCUT2D eigenvalue weighted by molar-refractivity contribution is 0.601. The molecular weight excluding hydrogens is 318 g/mol. The van der Waals surface area contributed by atoms with Crippen LogP contribution < -0.4 is 10.5 Å². The summed E-state index contributed by atoms with van der Waals surface area (Å²) in [5.41, 5.74) is 6.82. The normalized spacial score (nSPS) is 15.2. The van der Waals surface area contributed by atoms with Gasteiger partial charge >= 0.3 is 0 Å². The maximum atomic E-state index is 12.2. The van der Waals surface area contributed by atoms with Crippen molar-refractivity contribution in [3.63, 3.8) is 0 Å². The summed E-state index contributed by atoms with van der Waals surface area (Å²) in [5, 5.41) is 2.60. The topological polar surface area (TPSA) is 85.1 Å². The molecule has 1 aromatic heterocycles. The van der Waals surface area contributed by atoms with Crippen molar-refractivity contribution >= 4 is 43.8 Å². The van der Waals surface area contributed by atoms with Crippen molar-refractivity contribution in [2.45, 2.75) is 23.7 Å². The van der Waals surface area contributed by atoms with Crippen LogP contribution in [0.3, 0.4) is 0 Å². The predicted molar refractivity (Wildman–Crippen MR) is 80.8 cm³/mol. The zero-order valence-corrected chi connectivity index (χ0v) is 12.7. The fourth-order valence-electron chi connectivity index (χ4n) is 1.76. The molecule has 20 heavy (non-hydrogen) atoms. The lowest BCUT2D eigenvalue weighted by Gasteiger charge is -2.06. The van der Waals surface area contributed by atoms with Gasteiger partial charge in [-0.2, -0.15) is 0 Å². The molecule has 0 radical (unpaired) electrons. The number of nitrogens with one attached hydrogen (secondary N) is 1. The van der Waals surface area contributed by atoms with Gasteiger partial charge in [-0.15, -0.1) is 11.3 Å². The van der Waals surface area contributed by atoms with Gasteiger partial charge < -0.3 is 5.73 Å². The molecule has 0 bridgehead atoms. The van der Waals surface area contributed by atoms with E-state index < -0.39 is 10.0 Å². The van der Waals surface area contributed by atoms with E-state index in [9.17, 15) is 8.42 Å². The Kier molecular flexibility index (Phi) is 3.35. The summed E-state index contributed by atoms with van der Waals surface area (Å²) in [6, 6.07) is 4.21. The molecule has 106 valence electrons. The molecule has 0 amide bonds. The Bertz CT molecular complexity index is 754. The van der Waals surface area contributed by atoms with Crippen LogP contribution in [0.25, 0.3) is 0 Å². The number of benzene rings is 1. The van der Waals surface area contributed by atoms with Gasteiger partial charge in [0.25, 0.3) is 10.0 Å². The fourth-order valence-corrected chi connectivity index (χ4v) is 3.96. The van der Waals surface area contributed by atoms with Crippen molar-refractivity contribution in [3.8, 4) is 0 Å². The largest absolute Gasteiger partial charge is 0.397 e. The van der Waals surface area contributed by atoms with E-state index in [2.05, 4.69) is 9.71 Å². The van der Waals surface area contributed by atoms with E-state index in [0.29, 0.717) is 16.1 Å². The van der Waals surface area contributed by atoms with E-state index >= 15 is 0 Å². The number of rotatable bonds is 4. The average molecular weight is 330 g/mol. The van der Waals surface area contributed by atoms with Gasteiger partial charge in [0.15, 0.2) is 5.13 Å². The summed E-state index contributed by atoms with van der Waals surface area (Å²) in [6.45, 7) is 0. The predicted octanol–water partition coefficient (Wildman–Crippen LogP) is 3.06. The summed E-state index contributed by atoms with van der Waals surface area (Å²) in [6.07, 6.45) is 2.26. The molecule has 5 nitrogen and oxygen atoms in total. The second kappa shape index (κ2) is 4.91.